The molecule has 0 bridgehead atoms. The first-order valence-electron chi connectivity index (χ1n) is 11.5. The summed E-state index contributed by atoms with van der Waals surface area (Å²) in [5, 5.41) is 2.75. The second kappa shape index (κ2) is 24.4. The van der Waals surface area contributed by atoms with Crippen LogP contribution < -0.4 is 11.1 Å². The monoisotopic (exact) mass is 370 g/mol. The third-order valence-corrected chi connectivity index (χ3v) is 4.95. The number of nitrogens with one attached hydrogen (secondary N) is 1. The summed E-state index contributed by atoms with van der Waals surface area (Å²) in [4.78, 5) is 11.3. The van der Waals surface area contributed by atoms with Gasteiger partial charge in [0.25, 0.3) is 0 Å². The van der Waals surface area contributed by atoms with E-state index in [1.54, 1.807) is 0 Å². The van der Waals surface area contributed by atoms with Crippen molar-refractivity contribution in [2.45, 2.75) is 123 Å². The molecular formula is C23H50N2O. The predicted octanol–water partition coefficient (Wildman–Crippen LogP) is 6.60. The average Bonchev–Trinajstić information content (AvgIpc) is 2.61. The second-order valence-electron chi connectivity index (χ2n) is 7.77. The van der Waals surface area contributed by atoms with Crippen molar-refractivity contribution in [2.24, 2.45) is 11.7 Å². The fourth-order valence-corrected chi connectivity index (χ4v) is 3.36. The molecule has 0 radical (unpaired) electrons. The molecule has 0 rings (SSSR count). The van der Waals surface area contributed by atoms with Crippen LogP contribution in [0.2, 0.25) is 0 Å². The van der Waals surface area contributed by atoms with Crippen LogP contribution in [0.5, 0.6) is 0 Å². The zero-order valence-electron chi connectivity index (χ0n) is 18.6. The summed E-state index contributed by atoms with van der Waals surface area (Å²) in [6.45, 7) is 4.41. The van der Waals surface area contributed by atoms with Gasteiger partial charge >= 0.3 is 0 Å². The highest BCUT2D eigenvalue weighted by atomic mass is 16.1. The van der Waals surface area contributed by atoms with E-state index in [9.17, 15) is 4.79 Å². The number of primary amides is 1. The van der Waals surface area contributed by atoms with E-state index in [4.69, 9.17) is 5.73 Å². The Bertz CT molecular complexity index is 269. The lowest BCUT2D eigenvalue weighted by Gasteiger charge is -2.11. The van der Waals surface area contributed by atoms with Crippen LogP contribution in [-0.4, -0.2) is 20.0 Å². The van der Waals surface area contributed by atoms with Crippen LogP contribution in [0, 0.1) is 5.92 Å². The average molecular weight is 371 g/mol. The van der Waals surface area contributed by atoms with Gasteiger partial charge < -0.3 is 11.1 Å². The Morgan fingerprint density at radius 3 is 1.31 bits per heavy atom. The summed E-state index contributed by atoms with van der Waals surface area (Å²) in [5.74, 6) is 0.0267. The largest absolute Gasteiger partial charge is 0.369 e. The minimum Gasteiger partial charge on any atom is -0.369 e. The molecule has 26 heavy (non-hydrogen) atoms. The van der Waals surface area contributed by atoms with E-state index >= 15 is 0 Å². The van der Waals surface area contributed by atoms with E-state index in [-0.39, 0.29) is 11.8 Å². The molecule has 3 nitrogen and oxygen atoms in total. The number of hydrogen-bond donors (Lipinski definition) is 2. The van der Waals surface area contributed by atoms with E-state index < -0.39 is 0 Å². The summed E-state index contributed by atoms with van der Waals surface area (Å²) >= 11 is 0. The lowest BCUT2D eigenvalue weighted by molar-refractivity contribution is -0.122. The molecular weight excluding hydrogens is 320 g/mol. The molecule has 0 saturated carbocycles. The summed E-state index contributed by atoms with van der Waals surface area (Å²) in [5.41, 5.74) is 5.44. The minimum atomic E-state index is -0.0958. The lowest BCUT2D eigenvalue weighted by Crippen LogP contribution is -2.23. The second-order valence-corrected chi connectivity index (χ2v) is 7.77. The number of carbonyl (C=O) groups is 1. The number of hydrogen-bond acceptors (Lipinski definition) is 2. The highest BCUT2D eigenvalue weighted by molar-refractivity contribution is 5.76. The van der Waals surface area contributed by atoms with Crippen molar-refractivity contribution < 1.29 is 4.79 Å². The van der Waals surface area contributed by atoms with Gasteiger partial charge in [-0.15, -0.1) is 0 Å². The van der Waals surface area contributed by atoms with Crippen molar-refractivity contribution in [3.8, 4) is 0 Å². The fourth-order valence-electron chi connectivity index (χ4n) is 3.36. The summed E-state index contributed by atoms with van der Waals surface area (Å²) < 4.78 is 0. The fraction of sp³-hybridized carbons (Fsp3) is 0.957. The van der Waals surface area contributed by atoms with E-state index in [2.05, 4.69) is 19.2 Å². The lowest BCUT2D eigenvalue weighted by atomic mass is 9.95. The molecule has 0 aliphatic carbocycles. The van der Waals surface area contributed by atoms with Gasteiger partial charge in [0.2, 0.25) is 5.91 Å². The summed E-state index contributed by atoms with van der Waals surface area (Å²) in [7, 11) is 3.75. The molecule has 1 atom stereocenters. The van der Waals surface area contributed by atoms with Crippen LogP contribution in [0.15, 0.2) is 0 Å². The van der Waals surface area contributed by atoms with Crippen molar-refractivity contribution in [3.63, 3.8) is 0 Å². The van der Waals surface area contributed by atoms with Crippen LogP contribution in [0.4, 0.5) is 0 Å². The Hall–Kier alpha value is -0.570. The van der Waals surface area contributed by atoms with E-state index in [0.29, 0.717) is 0 Å². The molecule has 3 N–H and O–H groups in total. The SMILES string of the molecule is CCCCCCCCCCCCCCCCC(CCC)C(N)=O.CNC. The first-order valence-corrected chi connectivity index (χ1v) is 11.5. The topological polar surface area (TPSA) is 55.1 Å². The van der Waals surface area contributed by atoms with E-state index in [0.717, 1.165) is 19.3 Å². The Kier molecular flexibility index (Phi) is 26.0. The van der Waals surface area contributed by atoms with Crippen molar-refractivity contribution in [1.29, 1.82) is 0 Å². The minimum absolute atomic E-state index is 0.0958. The van der Waals surface area contributed by atoms with Crippen LogP contribution in [0.1, 0.15) is 123 Å². The molecule has 1 amide bonds. The van der Waals surface area contributed by atoms with Gasteiger partial charge in [-0.25, -0.2) is 0 Å². The quantitative estimate of drug-likeness (QED) is 0.267. The number of rotatable bonds is 18. The van der Waals surface area contributed by atoms with Gasteiger partial charge in [0, 0.05) is 5.92 Å². The van der Waals surface area contributed by atoms with Gasteiger partial charge in [0.05, 0.1) is 0 Å². The van der Waals surface area contributed by atoms with Gasteiger partial charge in [-0.1, -0.05) is 110 Å². The van der Waals surface area contributed by atoms with E-state index in [1.165, 1.54) is 89.9 Å². The first-order chi connectivity index (χ1) is 12.6. The van der Waals surface area contributed by atoms with Crippen molar-refractivity contribution in [2.75, 3.05) is 14.1 Å². The molecule has 3 heteroatoms. The molecule has 0 fully saturated rings. The predicted molar refractivity (Wildman–Crippen MR) is 118 cm³/mol. The number of amides is 1. The number of nitrogens with two attached hydrogens (primary N) is 1. The third-order valence-electron chi connectivity index (χ3n) is 4.95. The first kappa shape index (κ1) is 27.6. The Morgan fingerprint density at radius 1 is 0.654 bits per heavy atom. The van der Waals surface area contributed by atoms with Gasteiger partial charge in [-0.3, -0.25) is 4.79 Å². The number of unbranched alkanes of at least 4 members (excludes halogenated alkanes) is 13. The summed E-state index contributed by atoms with van der Waals surface area (Å²) in [6.07, 6.45) is 22.4. The molecule has 0 aromatic rings. The Morgan fingerprint density at radius 2 is 1.00 bits per heavy atom. The third kappa shape index (κ3) is 23.4. The smallest absolute Gasteiger partial charge is 0.220 e. The Labute approximate surface area is 165 Å². The van der Waals surface area contributed by atoms with Crippen LogP contribution in [0.25, 0.3) is 0 Å². The molecule has 1 unspecified atom stereocenters. The number of carbonyl (C=O) groups excluding carboxylic acids is 1. The molecule has 0 spiro atoms. The molecule has 0 aliphatic rings. The maximum absolute atomic E-state index is 11.3. The molecule has 0 aromatic heterocycles. The zero-order chi connectivity index (χ0) is 19.9. The molecule has 0 heterocycles. The zero-order valence-corrected chi connectivity index (χ0v) is 18.6. The highest BCUT2D eigenvalue weighted by Gasteiger charge is 2.12. The van der Waals surface area contributed by atoms with Gasteiger partial charge in [0.15, 0.2) is 0 Å². The molecule has 0 aliphatic heterocycles. The maximum Gasteiger partial charge on any atom is 0.220 e. The van der Waals surface area contributed by atoms with Crippen molar-refractivity contribution >= 4 is 5.91 Å². The standard InChI is InChI=1S/C21H43NO.C2H7N/c1-3-5-6-7-8-9-10-11-12-13-14-15-16-17-19-20(18-4-2)21(22)23;1-3-2/h20H,3-19H2,1-2H3,(H2,22,23);3H,1-2H3. The van der Waals surface area contributed by atoms with Crippen molar-refractivity contribution in [1.82, 2.24) is 5.32 Å². The van der Waals surface area contributed by atoms with Crippen LogP contribution in [-0.2, 0) is 4.79 Å². The van der Waals surface area contributed by atoms with Crippen molar-refractivity contribution in [3.05, 3.63) is 0 Å². The van der Waals surface area contributed by atoms with Gasteiger partial charge in [-0.2, -0.15) is 0 Å². The summed E-state index contributed by atoms with van der Waals surface area (Å²) in [6, 6.07) is 0. The van der Waals surface area contributed by atoms with Crippen LogP contribution in [0.3, 0.4) is 0 Å². The molecule has 158 valence electrons. The molecule has 0 saturated heterocycles. The van der Waals surface area contributed by atoms with Gasteiger partial charge in [0.1, 0.15) is 0 Å². The van der Waals surface area contributed by atoms with Crippen LogP contribution >= 0.6 is 0 Å². The normalized spacial score (nSPS) is 11.7. The van der Waals surface area contributed by atoms with E-state index in [1.807, 2.05) is 14.1 Å². The highest BCUT2D eigenvalue weighted by Crippen LogP contribution is 2.17. The van der Waals surface area contributed by atoms with Gasteiger partial charge in [-0.05, 0) is 26.9 Å². The Balaban J connectivity index is 0. The molecule has 0 aromatic carbocycles. The maximum atomic E-state index is 11.3.